The first kappa shape index (κ1) is 13.0. The fourth-order valence-corrected chi connectivity index (χ4v) is 1.85. The highest BCUT2D eigenvalue weighted by Crippen LogP contribution is 2.10. The highest BCUT2D eigenvalue weighted by atomic mass is 15.1. The number of nitrogens with one attached hydrogen (secondary N) is 2. The second-order valence-corrected chi connectivity index (χ2v) is 4.26. The van der Waals surface area contributed by atoms with Crippen LogP contribution in [0.4, 0.5) is 0 Å². The Balaban J connectivity index is 2.45. The monoisotopic (exact) mass is 221 g/mol. The molecule has 0 saturated carbocycles. The maximum absolute atomic E-state index is 4.20. The van der Waals surface area contributed by atoms with Crippen molar-refractivity contribution in [3.05, 3.63) is 29.6 Å². The van der Waals surface area contributed by atoms with E-state index in [9.17, 15) is 0 Å². The molecule has 1 aromatic rings. The Kier molecular flexibility index (Phi) is 5.26. The van der Waals surface area contributed by atoms with E-state index in [2.05, 4.69) is 35.9 Å². The van der Waals surface area contributed by atoms with Crippen LogP contribution in [0.3, 0.4) is 0 Å². The fraction of sp³-hybridized carbons (Fsp3) is 0.615. The molecule has 90 valence electrons. The molecule has 0 aliphatic heterocycles. The van der Waals surface area contributed by atoms with Crippen LogP contribution in [0.1, 0.15) is 43.1 Å². The number of nitrogens with zero attached hydrogens (tertiary/aromatic N) is 1. The van der Waals surface area contributed by atoms with Crippen LogP contribution in [-0.2, 0) is 6.54 Å². The predicted octanol–water partition coefficient (Wildman–Crippen LogP) is 2.86. The summed E-state index contributed by atoms with van der Waals surface area (Å²) in [6.07, 6.45) is 5.38. The van der Waals surface area contributed by atoms with E-state index in [0.29, 0.717) is 6.04 Å². The Labute approximate surface area is 98.3 Å². The summed E-state index contributed by atoms with van der Waals surface area (Å²) in [5, 5.41) is 10.8. The second kappa shape index (κ2) is 6.48. The van der Waals surface area contributed by atoms with Crippen LogP contribution < -0.4 is 5.32 Å². The van der Waals surface area contributed by atoms with Crippen molar-refractivity contribution in [1.82, 2.24) is 15.5 Å². The molecule has 0 aromatic carbocycles. The fourth-order valence-electron chi connectivity index (χ4n) is 1.85. The van der Waals surface area contributed by atoms with E-state index in [-0.39, 0.29) is 0 Å². The topological polar surface area (TPSA) is 40.7 Å². The molecule has 0 spiro atoms. The molecule has 1 heterocycles. The number of aromatic amines is 1. The summed E-state index contributed by atoms with van der Waals surface area (Å²) < 4.78 is 0. The zero-order chi connectivity index (χ0) is 12.0. The van der Waals surface area contributed by atoms with Crippen LogP contribution in [0.25, 0.3) is 0 Å². The van der Waals surface area contributed by atoms with Crippen molar-refractivity contribution in [2.75, 3.05) is 0 Å². The Hall–Kier alpha value is -1.09. The van der Waals surface area contributed by atoms with Gasteiger partial charge in [-0.15, -0.1) is 6.58 Å². The Morgan fingerprint density at radius 3 is 2.75 bits per heavy atom. The molecule has 1 aromatic heterocycles. The predicted molar refractivity (Wildman–Crippen MR) is 68.4 cm³/mol. The summed E-state index contributed by atoms with van der Waals surface area (Å²) in [5.41, 5.74) is 3.57. The molecular formula is C13H23N3. The SMILES string of the molecule is C=CCCC(CC)NCc1c(C)n[nH]c1C. The van der Waals surface area contributed by atoms with Gasteiger partial charge in [0.2, 0.25) is 0 Å². The lowest BCUT2D eigenvalue weighted by molar-refractivity contribution is 0.469. The standard InChI is InChI=1S/C13H23N3/c1-5-7-8-12(6-2)14-9-13-10(3)15-16-11(13)4/h5,12,14H,1,6-9H2,2-4H3,(H,15,16). The molecule has 0 amide bonds. The molecular weight excluding hydrogens is 198 g/mol. The largest absolute Gasteiger partial charge is 0.310 e. The van der Waals surface area contributed by atoms with E-state index < -0.39 is 0 Å². The van der Waals surface area contributed by atoms with Crippen molar-refractivity contribution in [2.24, 2.45) is 0 Å². The van der Waals surface area contributed by atoms with Gasteiger partial charge in [0.25, 0.3) is 0 Å². The van der Waals surface area contributed by atoms with Gasteiger partial charge in [0.15, 0.2) is 0 Å². The van der Waals surface area contributed by atoms with Crippen LogP contribution >= 0.6 is 0 Å². The van der Waals surface area contributed by atoms with Gasteiger partial charge in [0.1, 0.15) is 0 Å². The van der Waals surface area contributed by atoms with Crippen LogP contribution in [0, 0.1) is 13.8 Å². The van der Waals surface area contributed by atoms with E-state index in [1.54, 1.807) is 0 Å². The summed E-state index contributed by atoms with van der Waals surface area (Å²) in [6, 6.07) is 0.576. The molecule has 3 heteroatoms. The molecule has 0 radical (unpaired) electrons. The van der Waals surface area contributed by atoms with Crippen molar-refractivity contribution in [1.29, 1.82) is 0 Å². The first-order chi connectivity index (χ1) is 7.69. The van der Waals surface area contributed by atoms with Gasteiger partial charge in [0.05, 0.1) is 5.69 Å². The van der Waals surface area contributed by atoms with Crippen LogP contribution in [-0.4, -0.2) is 16.2 Å². The lowest BCUT2D eigenvalue weighted by atomic mass is 10.1. The first-order valence-electron chi connectivity index (χ1n) is 6.03. The molecule has 0 saturated heterocycles. The molecule has 1 rings (SSSR count). The molecule has 16 heavy (non-hydrogen) atoms. The van der Waals surface area contributed by atoms with Crippen LogP contribution in [0.15, 0.2) is 12.7 Å². The minimum Gasteiger partial charge on any atom is -0.310 e. The van der Waals surface area contributed by atoms with Gasteiger partial charge in [-0.05, 0) is 33.1 Å². The number of aryl methyl sites for hydroxylation is 2. The smallest absolute Gasteiger partial charge is 0.0638 e. The van der Waals surface area contributed by atoms with E-state index >= 15 is 0 Å². The maximum atomic E-state index is 4.20. The number of hydrogen-bond donors (Lipinski definition) is 2. The summed E-state index contributed by atoms with van der Waals surface area (Å²) in [5.74, 6) is 0. The normalized spacial score (nSPS) is 12.7. The number of allylic oxidation sites excluding steroid dienone is 1. The van der Waals surface area contributed by atoms with E-state index in [1.807, 2.05) is 13.0 Å². The maximum Gasteiger partial charge on any atom is 0.0638 e. The van der Waals surface area contributed by atoms with Gasteiger partial charge >= 0.3 is 0 Å². The minimum absolute atomic E-state index is 0.576. The third-order valence-electron chi connectivity index (χ3n) is 3.06. The third kappa shape index (κ3) is 3.49. The quantitative estimate of drug-likeness (QED) is 0.695. The molecule has 1 unspecified atom stereocenters. The van der Waals surface area contributed by atoms with Crippen molar-refractivity contribution >= 4 is 0 Å². The zero-order valence-corrected chi connectivity index (χ0v) is 10.6. The van der Waals surface area contributed by atoms with Crippen molar-refractivity contribution in [2.45, 2.75) is 52.6 Å². The van der Waals surface area contributed by atoms with E-state index in [1.165, 1.54) is 11.3 Å². The molecule has 0 bridgehead atoms. The van der Waals surface area contributed by atoms with E-state index in [4.69, 9.17) is 0 Å². The van der Waals surface area contributed by atoms with E-state index in [0.717, 1.165) is 31.5 Å². The van der Waals surface area contributed by atoms with Crippen molar-refractivity contribution < 1.29 is 0 Å². The summed E-state index contributed by atoms with van der Waals surface area (Å²) in [4.78, 5) is 0. The molecule has 3 nitrogen and oxygen atoms in total. The molecule has 1 atom stereocenters. The Morgan fingerprint density at radius 1 is 1.50 bits per heavy atom. The zero-order valence-electron chi connectivity index (χ0n) is 10.6. The van der Waals surface area contributed by atoms with Gasteiger partial charge in [-0.25, -0.2) is 0 Å². The average molecular weight is 221 g/mol. The summed E-state index contributed by atoms with van der Waals surface area (Å²) >= 11 is 0. The van der Waals surface area contributed by atoms with Crippen LogP contribution in [0.2, 0.25) is 0 Å². The number of H-pyrrole nitrogens is 1. The van der Waals surface area contributed by atoms with Crippen molar-refractivity contribution in [3.63, 3.8) is 0 Å². The number of hydrogen-bond acceptors (Lipinski definition) is 2. The van der Waals surface area contributed by atoms with Gasteiger partial charge in [-0.1, -0.05) is 13.0 Å². The highest BCUT2D eigenvalue weighted by molar-refractivity contribution is 5.22. The number of rotatable bonds is 7. The molecule has 0 aliphatic carbocycles. The number of aromatic nitrogens is 2. The Bertz CT molecular complexity index is 308. The first-order valence-corrected chi connectivity index (χ1v) is 6.03. The van der Waals surface area contributed by atoms with Gasteiger partial charge in [-0.3, -0.25) is 5.10 Å². The minimum atomic E-state index is 0.576. The second-order valence-electron chi connectivity index (χ2n) is 4.26. The molecule has 0 aliphatic rings. The lowest BCUT2D eigenvalue weighted by Crippen LogP contribution is -2.28. The molecule has 0 fully saturated rings. The van der Waals surface area contributed by atoms with Gasteiger partial charge < -0.3 is 5.32 Å². The van der Waals surface area contributed by atoms with Gasteiger partial charge in [-0.2, -0.15) is 5.10 Å². The molecule has 2 N–H and O–H groups in total. The highest BCUT2D eigenvalue weighted by Gasteiger charge is 2.09. The lowest BCUT2D eigenvalue weighted by Gasteiger charge is -2.16. The third-order valence-corrected chi connectivity index (χ3v) is 3.06. The average Bonchev–Trinajstić information content (AvgIpc) is 2.60. The van der Waals surface area contributed by atoms with Crippen molar-refractivity contribution in [3.8, 4) is 0 Å². The summed E-state index contributed by atoms with van der Waals surface area (Å²) in [6.45, 7) is 11.0. The summed E-state index contributed by atoms with van der Waals surface area (Å²) in [7, 11) is 0. The van der Waals surface area contributed by atoms with Gasteiger partial charge in [0, 0.05) is 23.8 Å². The van der Waals surface area contributed by atoms with Crippen LogP contribution in [0.5, 0.6) is 0 Å². The Morgan fingerprint density at radius 2 is 2.25 bits per heavy atom.